The van der Waals surface area contributed by atoms with Crippen LogP contribution in [0.5, 0.6) is 5.75 Å². The average molecular weight is 261 g/mol. The first kappa shape index (κ1) is 14.4. The molecule has 1 aliphatic rings. The molecule has 2 heteroatoms. The van der Waals surface area contributed by atoms with Gasteiger partial charge in [-0.3, -0.25) is 0 Å². The molecule has 0 bridgehead atoms. The smallest absolute Gasteiger partial charge is 0.115 e. The number of hydrogen-bond donors (Lipinski definition) is 2. The molecule has 1 aliphatic carbocycles. The van der Waals surface area contributed by atoms with Gasteiger partial charge in [-0.1, -0.05) is 38.3 Å². The van der Waals surface area contributed by atoms with Gasteiger partial charge in [0.15, 0.2) is 0 Å². The van der Waals surface area contributed by atoms with Crippen molar-refractivity contribution in [1.82, 2.24) is 5.32 Å². The fourth-order valence-electron chi connectivity index (χ4n) is 3.30. The number of rotatable bonds is 5. The minimum absolute atomic E-state index is 0.343. The molecule has 2 atom stereocenters. The third kappa shape index (κ3) is 3.97. The van der Waals surface area contributed by atoms with Crippen LogP contribution >= 0.6 is 0 Å². The van der Waals surface area contributed by atoms with E-state index in [-0.39, 0.29) is 0 Å². The van der Waals surface area contributed by atoms with E-state index in [9.17, 15) is 5.11 Å². The first-order chi connectivity index (χ1) is 9.20. The number of benzene rings is 1. The molecule has 0 aromatic heterocycles. The van der Waals surface area contributed by atoms with Crippen LogP contribution in [0.4, 0.5) is 0 Å². The van der Waals surface area contributed by atoms with Gasteiger partial charge in [0.25, 0.3) is 0 Å². The van der Waals surface area contributed by atoms with Crippen LogP contribution in [0.25, 0.3) is 0 Å². The Morgan fingerprint density at radius 3 is 2.37 bits per heavy atom. The summed E-state index contributed by atoms with van der Waals surface area (Å²) in [6, 6.07) is 8.56. The van der Waals surface area contributed by atoms with Gasteiger partial charge in [0, 0.05) is 12.1 Å². The molecule has 0 radical (unpaired) electrons. The largest absolute Gasteiger partial charge is 0.508 e. The van der Waals surface area contributed by atoms with Crippen LogP contribution in [0.3, 0.4) is 0 Å². The summed E-state index contributed by atoms with van der Waals surface area (Å²) in [5, 5.41) is 13.1. The molecule has 1 aromatic rings. The highest BCUT2D eigenvalue weighted by Gasteiger charge is 2.23. The second kappa shape index (κ2) is 6.95. The van der Waals surface area contributed by atoms with Crippen LogP contribution < -0.4 is 5.32 Å². The molecule has 0 spiro atoms. The van der Waals surface area contributed by atoms with Crippen molar-refractivity contribution in [1.29, 1.82) is 0 Å². The molecule has 0 heterocycles. The Kier molecular flexibility index (Phi) is 5.26. The average Bonchev–Trinajstić information content (AvgIpc) is 2.46. The van der Waals surface area contributed by atoms with Crippen LogP contribution in [-0.4, -0.2) is 11.1 Å². The maximum atomic E-state index is 9.35. The summed E-state index contributed by atoms with van der Waals surface area (Å²) in [5.74, 6) is 1.19. The summed E-state index contributed by atoms with van der Waals surface area (Å²) in [6.07, 6.45) is 8.18. The third-order valence-corrected chi connectivity index (χ3v) is 4.52. The molecule has 0 saturated heterocycles. The topological polar surface area (TPSA) is 32.3 Å². The SMILES string of the molecule is CCC(NC(C)c1ccc(O)cc1)C1CCCCC1. The van der Waals surface area contributed by atoms with Crippen molar-refractivity contribution in [2.75, 3.05) is 0 Å². The highest BCUT2D eigenvalue weighted by Crippen LogP contribution is 2.29. The number of phenols is 1. The summed E-state index contributed by atoms with van der Waals surface area (Å²) in [7, 11) is 0. The van der Waals surface area contributed by atoms with E-state index in [1.807, 2.05) is 12.1 Å². The summed E-state index contributed by atoms with van der Waals surface area (Å²) in [4.78, 5) is 0. The van der Waals surface area contributed by atoms with E-state index in [4.69, 9.17) is 0 Å². The summed E-state index contributed by atoms with van der Waals surface area (Å²) >= 11 is 0. The number of aromatic hydroxyl groups is 1. The first-order valence-corrected chi connectivity index (χ1v) is 7.75. The molecular formula is C17H27NO. The second-order valence-electron chi connectivity index (χ2n) is 5.89. The lowest BCUT2D eigenvalue weighted by atomic mass is 9.82. The van der Waals surface area contributed by atoms with E-state index in [0.717, 1.165) is 5.92 Å². The Bertz CT molecular complexity index is 367. The minimum atomic E-state index is 0.343. The molecule has 2 rings (SSSR count). The predicted molar refractivity (Wildman–Crippen MR) is 80.3 cm³/mol. The van der Waals surface area contributed by atoms with E-state index in [1.54, 1.807) is 12.1 Å². The Balaban J connectivity index is 1.95. The zero-order valence-electron chi connectivity index (χ0n) is 12.2. The molecule has 2 N–H and O–H groups in total. The zero-order valence-corrected chi connectivity index (χ0v) is 12.2. The molecule has 1 fully saturated rings. The Hall–Kier alpha value is -1.02. The number of nitrogens with one attached hydrogen (secondary N) is 1. The number of phenolic OH excluding ortho intramolecular Hbond substituents is 1. The minimum Gasteiger partial charge on any atom is -0.508 e. The predicted octanol–water partition coefficient (Wildman–Crippen LogP) is 4.40. The third-order valence-electron chi connectivity index (χ3n) is 4.52. The van der Waals surface area contributed by atoms with Crippen LogP contribution in [-0.2, 0) is 0 Å². The van der Waals surface area contributed by atoms with Crippen molar-refractivity contribution in [2.45, 2.75) is 64.5 Å². The molecule has 2 unspecified atom stereocenters. The standard InChI is InChI=1S/C17H27NO/c1-3-17(15-7-5-4-6-8-15)18-13(2)14-9-11-16(19)12-10-14/h9-13,15,17-19H,3-8H2,1-2H3. The van der Waals surface area contributed by atoms with Crippen LogP contribution in [0, 0.1) is 5.92 Å². The van der Waals surface area contributed by atoms with Crippen molar-refractivity contribution in [2.24, 2.45) is 5.92 Å². The van der Waals surface area contributed by atoms with E-state index in [1.165, 1.54) is 44.1 Å². The highest BCUT2D eigenvalue weighted by atomic mass is 16.3. The van der Waals surface area contributed by atoms with Gasteiger partial charge in [-0.2, -0.15) is 0 Å². The summed E-state index contributed by atoms with van der Waals surface area (Å²) in [6.45, 7) is 4.51. The van der Waals surface area contributed by atoms with Crippen molar-refractivity contribution in [3.05, 3.63) is 29.8 Å². The Morgan fingerprint density at radius 2 is 1.79 bits per heavy atom. The zero-order chi connectivity index (χ0) is 13.7. The fraction of sp³-hybridized carbons (Fsp3) is 0.647. The van der Waals surface area contributed by atoms with Crippen molar-refractivity contribution in [3.63, 3.8) is 0 Å². The van der Waals surface area contributed by atoms with Crippen LogP contribution in [0.15, 0.2) is 24.3 Å². The van der Waals surface area contributed by atoms with E-state index in [2.05, 4.69) is 19.2 Å². The van der Waals surface area contributed by atoms with Crippen molar-refractivity contribution in [3.8, 4) is 5.75 Å². The first-order valence-electron chi connectivity index (χ1n) is 7.75. The van der Waals surface area contributed by atoms with Crippen LogP contribution in [0.1, 0.15) is 64.0 Å². The van der Waals surface area contributed by atoms with Gasteiger partial charge < -0.3 is 10.4 Å². The van der Waals surface area contributed by atoms with E-state index in [0.29, 0.717) is 17.8 Å². The highest BCUT2D eigenvalue weighted by molar-refractivity contribution is 5.27. The van der Waals surface area contributed by atoms with Gasteiger partial charge in [0.05, 0.1) is 0 Å². The molecule has 2 nitrogen and oxygen atoms in total. The van der Waals surface area contributed by atoms with Gasteiger partial charge in [0.1, 0.15) is 5.75 Å². The van der Waals surface area contributed by atoms with E-state index >= 15 is 0 Å². The van der Waals surface area contributed by atoms with Crippen LogP contribution in [0.2, 0.25) is 0 Å². The number of hydrogen-bond acceptors (Lipinski definition) is 2. The molecule has 0 amide bonds. The molecule has 106 valence electrons. The molecule has 1 saturated carbocycles. The van der Waals surface area contributed by atoms with Gasteiger partial charge in [0.2, 0.25) is 0 Å². The van der Waals surface area contributed by atoms with E-state index < -0.39 is 0 Å². The van der Waals surface area contributed by atoms with Gasteiger partial charge >= 0.3 is 0 Å². The van der Waals surface area contributed by atoms with Gasteiger partial charge in [-0.05, 0) is 49.8 Å². The second-order valence-corrected chi connectivity index (χ2v) is 5.89. The van der Waals surface area contributed by atoms with Gasteiger partial charge in [-0.25, -0.2) is 0 Å². The summed E-state index contributed by atoms with van der Waals surface area (Å²) in [5.41, 5.74) is 1.26. The molecular weight excluding hydrogens is 234 g/mol. The monoisotopic (exact) mass is 261 g/mol. The fourth-order valence-corrected chi connectivity index (χ4v) is 3.30. The lowest BCUT2D eigenvalue weighted by Crippen LogP contribution is -2.38. The molecule has 0 aliphatic heterocycles. The normalized spacial score (nSPS) is 20.1. The maximum Gasteiger partial charge on any atom is 0.115 e. The molecule has 19 heavy (non-hydrogen) atoms. The lowest BCUT2D eigenvalue weighted by Gasteiger charge is -2.32. The van der Waals surface area contributed by atoms with Crippen molar-refractivity contribution >= 4 is 0 Å². The molecule has 1 aromatic carbocycles. The Morgan fingerprint density at radius 1 is 1.16 bits per heavy atom. The maximum absolute atomic E-state index is 9.35. The van der Waals surface area contributed by atoms with Crippen molar-refractivity contribution < 1.29 is 5.11 Å². The summed E-state index contributed by atoms with van der Waals surface area (Å²) < 4.78 is 0. The van der Waals surface area contributed by atoms with Gasteiger partial charge in [-0.15, -0.1) is 0 Å². The quantitative estimate of drug-likeness (QED) is 0.823. The Labute approximate surface area is 117 Å². The lowest BCUT2D eigenvalue weighted by molar-refractivity contribution is 0.249.